The van der Waals surface area contributed by atoms with E-state index in [1.807, 2.05) is 0 Å². The standard InChI is InChI=1S/C15H25NO5/c1-11(15(20)21)10-16(8-7-14(18)19)13(17)9-12-5-3-2-4-6-12/h11-12H,2-10H2,1H3,(H,18,19)(H,20,21). The van der Waals surface area contributed by atoms with Crippen LogP contribution in [0, 0.1) is 11.8 Å². The molecule has 1 fully saturated rings. The molecule has 1 saturated carbocycles. The summed E-state index contributed by atoms with van der Waals surface area (Å²) in [4.78, 5) is 35.3. The zero-order chi connectivity index (χ0) is 15.8. The Morgan fingerprint density at radius 3 is 2.29 bits per heavy atom. The maximum Gasteiger partial charge on any atom is 0.308 e. The van der Waals surface area contributed by atoms with E-state index >= 15 is 0 Å². The van der Waals surface area contributed by atoms with Gasteiger partial charge in [0, 0.05) is 19.5 Å². The van der Waals surface area contributed by atoms with E-state index in [0.717, 1.165) is 25.7 Å². The van der Waals surface area contributed by atoms with Gasteiger partial charge in [-0.3, -0.25) is 14.4 Å². The lowest BCUT2D eigenvalue weighted by Crippen LogP contribution is -2.39. The molecule has 1 aliphatic carbocycles. The molecule has 0 aromatic heterocycles. The molecule has 1 rings (SSSR count). The molecule has 0 bridgehead atoms. The summed E-state index contributed by atoms with van der Waals surface area (Å²) in [5.74, 6) is -2.39. The second-order valence-electron chi connectivity index (χ2n) is 5.93. The smallest absolute Gasteiger partial charge is 0.308 e. The van der Waals surface area contributed by atoms with Crippen LogP contribution in [0.1, 0.15) is 51.9 Å². The molecular weight excluding hydrogens is 274 g/mol. The molecule has 0 aromatic rings. The number of rotatable bonds is 8. The van der Waals surface area contributed by atoms with E-state index in [2.05, 4.69) is 0 Å². The fourth-order valence-electron chi connectivity index (χ4n) is 2.72. The third-order valence-electron chi connectivity index (χ3n) is 4.05. The summed E-state index contributed by atoms with van der Waals surface area (Å²) < 4.78 is 0. The Morgan fingerprint density at radius 2 is 1.76 bits per heavy atom. The van der Waals surface area contributed by atoms with Crippen molar-refractivity contribution in [2.45, 2.75) is 51.9 Å². The average Bonchev–Trinajstić information content (AvgIpc) is 2.43. The molecule has 21 heavy (non-hydrogen) atoms. The molecule has 1 atom stereocenters. The fraction of sp³-hybridized carbons (Fsp3) is 0.800. The van der Waals surface area contributed by atoms with Crippen LogP contribution in [0.3, 0.4) is 0 Å². The van der Waals surface area contributed by atoms with Gasteiger partial charge < -0.3 is 15.1 Å². The molecule has 120 valence electrons. The molecule has 2 N–H and O–H groups in total. The largest absolute Gasteiger partial charge is 0.481 e. The van der Waals surface area contributed by atoms with Gasteiger partial charge in [-0.25, -0.2) is 0 Å². The van der Waals surface area contributed by atoms with Crippen molar-refractivity contribution in [3.8, 4) is 0 Å². The summed E-state index contributed by atoms with van der Waals surface area (Å²) in [7, 11) is 0. The zero-order valence-electron chi connectivity index (χ0n) is 12.6. The van der Waals surface area contributed by atoms with Gasteiger partial charge in [0.2, 0.25) is 5.91 Å². The predicted molar refractivity (Wildman–Crippen MR) is 76.8 cm³/mol. The van der Waals surface area contributed by atoms with E-state index < -0.39 is 17.9 Å². The maximum atomic E-state index is 12.3. The van der Waals surface area contributed by atoms with Crippen LogP contribution in [-0.4, -0.2) is 46.0 Å². The molecule has 1 unspecified atom stereocenters. The number of nitrogens with zero attached hydrogens (tertiary/aromatic N) is 1. The van der Waals surface area contributed by atoms with Gasteiger partial charge in [-0.2, -0.15) is 0 Å². The summed E-state index contributed by atoms with van der Waals surface area (Å²) in [6.45, 7) is 1.69. The first kappa shape index (κ1) is 17.5. The summed E-state index contributed by atoms with van der Waals surface area (Å²) in [5, 5.41) is 17.7. The van der Waals surface area contributed by atoms with Crippen LogP contribution in [-0.2, 0) is 14.4 Å². The monoisotopic (exact) mass is 299 g/mol. The van der Waals surface area contributed by atoms with Crippen molar-refractivity contribution < 1.29 is 24.6 Å². The number of carboxylic acid groups (broad SMARTS) is 2. The van der Waals surface area contributed by atoms with Gasteiger partial charge in [0.15, 0.2) is 0 Å². The normalized spacial score (nSPS) is 17.2. The Kier molecular flexibility index (Phi) is 7.19. The molecule has 6 heteroatoms. The van der Waals surface area contributed by atoms with E-state index in [4.69, 9.17) is 10.2 Å². The second kappa shape index (κ2) is 8.64. The SMILES string of the molecule is CC(CN(CCC(=O)O)C(=O)CC1CCCCC1)C(=O)O. The zero-order valence-corrected chi connectivity index (χ0v) is 12.6. The Morgan fingerprint density at radius 1 is 1.14 bits per heavy atom. The number of carbonyl (C=O) groups excluding carboxylic acids is 1. The molecule has 1 aliphatic rings. The minimum atomic E-state index is -0.978. The molecule has 0 radical (unpaired) electrons. The first-order chi connectivity index (χ1) is 9.90. The number of carboxylic acids is 2. The topological polar surface area (TPSA) is 94.9 Å². The third kappa shape index (κ3) is 6.60. The minimum Gasteiger partial charge on any atom is -0.481 e. The van der Waals surface area contributed by atoms with Crippen LogP contribution in [0.2, 0.25) is 0 Å². The predicted octanol–water partition coefficient (Wildman–Crippen LogP) is 1.98. The van der Waals surface area contributed by atoms with Crippen LogP contribution in [0.25, 0.3) is 0 Å². The first-order valence-electron chi connectivity index (χ1n) is 7.62. The van der Waals surface area contributed by atoms with Crippen molar-refractivity contribution in [1.82, 2.24) is 4.90 Å². The highest BCUT2D eigenvalue weighted by atomic mass is 16.4. The Bertz CT molecular complexity index is 376. The van der Waals surface area contributed by atoms with Crippen LogP contribution in [0.4, 0.5) is 0 Å². The highest BCUT2D eigenvalue weighted by molar-refractivity contribution is 5.78. The van der Waals surface area contributed by atoms with E-state index in [1.54, 1.807) is 0 Å². The Balaban J connectivity index is 2.57. The first-order valence-corrected chi connectivity index (χ1v) is 7.62. The summed E-state index contributed by atoms with van der Waals surface area (Å²) in [6, 6.07) is 0. The maximum absolute atomic E-state index is 12.3. The lowest BCUT2D eigenvalue weighted by Gasteiger charge is -2.27. The summed E-state index contributed by atoms with van der Waals surface area (Å²) in [6.07, 6.45) is 5.81. The number of carbonyl (C=O) groups is 3. The Labute approximate surface area is 125 Å². The van der Waals surface area contributed by atoms with E-state index in [0.29, 0.717) is 12.3 Å². The molecule has 0 spiro atoms. The highest BCUT2D eigenvalue weighted by Gasteiger charge is 2.24. The molecule has 6 nitrogen and oxygen atoms in total. The van der Waals surface area contributed by atoms with Crippen molar-refractivity contribution >= 4 is 17.8 Å². The van der Waals surface area contributed by atoms with E-state index in [1.165, 1.54) is 18.2 Å². The van der Waals surface area contributed by atoms with Crippen molar-refractivity contribution in [2.24, 2.45) is 11.8 Å². The van der Waals surface area contributed by atoms with Gasteiger partial charge in [0.25, 0.3) is 0 Å². The van der Waals surface area contributed by atoms with Crippen LogP contribution in [0.5, 0.6) is 0 Å². The van der Waals surface area contributed by atoms with Crippen molar-refractivity contribution in [1.29, 1.82) is 0 Å². The van der Waals surface area contributed by atoms with Crippen LogP contribution in [0.15, 0.2) is 0 Å². The van der Waals surface area contributed by atoms with Crippen molar-refractivity contribution in [3.63, 3.8) is 0 Å². The van der Waals surface area contributed by atoms with E-state index in [-0.39, 0.29) is 25.4 Å². The fourth-order valence-corrected chi connectivity index (χ4v) is 2.72. The molecule has 1 amide bonds. The average molecular weight is 299 g/mol. The summed E-state index contributed by atoms with van der Waals surface area (Å²) in [5.41, 5.74) is 0. The lowest BCUT2D eigenvalue weighted by atomic mass is 9.86. The van der Waals surface area contributed by atoms with Gasteiger partial charge in [0.1, 0.15) is 0 Å². The lowest BCUT2D eigenvalue weighted by molar-refractivity contribution is -0.143. The highest BCUT2D eigenvalue weighted by Crippen LogP contribution is 2.27. The molecule has 0 aliphatic heterocycles. The van der Waals surface area contributed by atoms with Gasteiger partial charge >= 0.3 is 11.9 Å². The van der Waals surface area contributed by atoms with Crippen LogP contribution < -0.4 is 0 Å². The minimum absolute atomic E-state index is 0.0775. The number of aliphatic carboxylic acids is 2. The van der Waals surface area contributed by atoms with Gasteiger partial charge in [-0.05, 0) is 18.8 Å². The summed E-state index contributed by atoms with van der Waals surface area (Å²) >= 11 is 0. The molecule has 0 aromatic carbocycles. The number of hydrogen-bond acceptors (Lipinski definition) is 3. The van der Waals surface area contributed by atoms with Crippen molar-refractivity contribution in [3.05, 3.63) is 0 Å². The number of hydrogen-bond donors (Lipinski definition) is 2. The quantitative estimate of drug-likeness (QED) is 0.714. The number of amides is 1. The third-order valence-corrected chi connectivity index (χ3v) is 4.05. The molecular formula is C15H25NO5. The second-order valence-corrected chi connectivity index (χ2v) is 5.93. The van der Waals surface area contributed by atoms with Gasteiger partial charge in [-0.15, -0.1) is 0 Å². The van der Waals surface area contributed by atoms with Crippen LogP contribution >= 0.6 is 0 Å². The van der Waals surface area contributed by atoms with Gasteiger partial charge in [-0.1, -0.05) is 26.2 Å². The van der Waals surface area contributed by atoms with E-state index in [9.17, 15) is 14.4 Å². The van der Waals surface area contributed by atoms with Gasteiger partial charge in [0.05, 0.1) is 12.3 Å². The van der Waals surface area contributed by atoms with Crippen molar-refractivity contribution in [2.75, 3.05) is 13.1 Å². The Hall–Kier alpha value is -1.59. The molecule has 0 heterocycles. The molecule has 0 saturated heterocycles.